The molecule has 1 atom stereocenters. The Labute approximate surface area is 115 Å². The van der Waals surface area contributed by atoms with E-state index in [4.69, 9.17) is 15.5 Å². The number of amides is 2. The van der Waals surface area contributed by atoms with Gasteiger partial charge < -0.3 is 20.8 Å². The summed E-state index contributed by atoms with van der Waals surface area (Å²) in [5, 5.41) is 31.3. The molecule has 0 radical (unpaired) electrons. The van der Waals surface area contributed by atoms with Crippen LogP contribution in [0.15, 0.2) is 18.2 Å². The SMILES string of the molecule is Cc1cccc(NC(=O)N[C@H](CCO)C(=O)O)c1C#N. The highest BCUT2D eigenvalue weighted by Crippen LogP contribution is 2.18. The number of carbonyl (C=O) groups is 2. The van der Waals surface area contributed by atoms with E-state index in [1.165, 1.54) is 0 Å². The number of aliphatic carboxylic acids is 1. The molecule has 7 heteroatoms. The Morgan fingerprint density at radius 3 is 2.70 bits per heavy atom. The van der Waals surface area contributed by atoms with Gasteiger partial charge in [0.1, 0.15) is 12.1 Å². The number of carbonyl (C=O) groups excluding carboxylic acids is 1. The predicted octanol–water partition coefficient (Wildman–Crippen LogP) is 0.824. The minimum atomic E-state index is -1.24. The number of carboxylic acids is 1. The van der Waals surface area contributed by atoms with Crippen LogP contribution in [0, 0.1) is 18.3 Å². The lowest BCUT2D eigenvalue weighted by Crippen LogP contribution is -2.43. The molecule has 7 nitrogen and oxygen atoms in total. The second-order valence-corrected chi connectivity index (χ2v) is 4.11. The van der Waals surface area contributed by atoms with Crippen LogP contribution in [0.5, 0.6) is 0 Å². The maximum Gasteiger partial charge on any atom is 0.326 e. The van der Waals surface area contributed by atoms with Crippen LogP contribution in [0.4, 0.5) is 10.5 Å². The molecule has 0 bridgehead atoms. The highest BCUT2D eigenvalue weighted by molar-refractivity contribution is 5.93. The highest BCUT2D eigenvalue weighted by atomic mass is 16.4. The predicted molar refractivity (Wildman–Crippen MR) is 71.2 cm³/mol. The molecule has 0 aromatic heterocycles. The van der Waals surface area contributed by atoms with E-state index in [1.807, 2.05) is 6.07 Å². The number of aryl methyl sites for hydroxylation is 1. The molecule has 1 aromatic carbocycles. The monoisotopic (exact) mass is 277 g/mol. The van der Waals surface area contributed by atoms with Crippen molar-refractivity contribution in [3.8, 4) is 6.07 Å². The van der Waals surface area contributed by atoms with Gasteiger partial charge in [-0.3, -0.25) is 0 Å². The summed E-state index contributed by atoms with van der Waals surface area (Å²) in [6.45, 7) is 1.37. The third kappa shape index (κ3) is 3.96. The van der Waals surface area contributed by atoms with Crippen LogP contribution in [0.25, 0.3) is 0 Å². The first-order valence-corrected chi connectivity index (χ1v) is 5.90. The molecule has 20 heavy (non-hydrogen) atoms. The number of aliphatic hydroxyl groups excluding tert-OH is 1. The molecular formula is C13H15N3O4. The van der Waals surface area contributed by atoms with Gasteiger partial charge >= 0.3 is 12.0 Å². The van der Waals surface area contributed by atoms with Crippen molar-refractivity contribution in [3.63, 3.8) is 0 Å². The lowest BCUT2D eigenvalue weighted by Gasteiger charge is -2.15. The Kier molecular flexibility index (Phi) is 5.50. The van der Waals surface area contributed by atoms with Gasteiger partial charge in [-0.1, -0.05) is 12.1 Å². The summed E-state index contributed by atoms with van der Waals surface area (Å²) >= 11 is 0. The van der Waals surface area contributed by atoms with Gasteiger partial charge in [0.2, 0.25) is 0 Å². The third-order valence-corrected chi connectivity index (χ3v) is 2.65. The van der Waals surface area contributed by atoms with Crippen LogP contribution in [-0.4, -0.2) is 34.9 Å². The molecule has 0 heterocycles. The Balaban J connectivity index is 2.79. The first kappa shape index (κ1) is 15.5. The average molecular weight is 277 g/mol. The van der Waals surface area contributed by atoms with Crippen molar-refractivity contribution in [2.75, 3.05) is 11.9 Å². The second kappa shape index (κ2) is 7.11. The van der Waals surface area contributed by atoms with Gasteiger partial charge in [-0.15, -0.1) is 0 Å². The fourth-order valence-corrected chi connectivity index (χ4v) is 1.62. The summed E-state index contributed by atoms with van der Waals surface area (Å²) in [7, 11) is 0. The molecule has 0 unspecified atom stereocenters. The molecule has 0 aliphatic carbocycles. The third-order valence-electron chi connectivity index (χ3n) is 2.65. The number of nitrogens with one attached hydrogen (secondary N) is 2. The molecule has 106 valence electrons. The Bertz CT molecular complexity index is 551. The second-order valence-electron chi connectivity index (χ2n) is 4.11. The largest absolute Gasteiger partial charge is 0.480 e. The molecule has 0 saturated carbocycles. The van der Waals surface area contributed by atoms with Crippen LogP contribution < -0.4 is 10.6 Å². The maximum atomic E-state index is 11.7. The zero-order chi connectivity index (χ0) is 15.1. The van der Waals surface area contributed by atoms with Gasteiger partial charge in [0, 0.05) is 13.0 Å². The fraction of sp³-hybridized carbons (Fsp3) is 0.308. The lowest BCUT2D eigenvalue weighted by molar-refractivity contribution is -0.139. The summed E-state index contributed by atoms with van der Waals surface area (Å²) < 4.78 is 0. The zero-order valence-electron chi connectivity index (χ0n) is 10.9. The number of nitrogens with zero attached hydrogens (tertiary/aromatic N) is 1. The number of benzene rings is 1. The van der Waals surface area contributed by atoms with Crippen molar-refractivity contribution in [2.24, 2.45) is 0 Å². The van der Waals surface area contributed by atoms with Crippen LogP contribution in [0.1, 0.15) is 17.5 Å². The van der Waals surface area contributed by atoms with Crippen LogP contribution >= 0.6 is 0 Å². The van der Waals surface area contributed by atoms with Crippen molar-refractivity contribution < 1.29 is 19.8 Å². The van der Waals surface area contributed by atoms with Crippen molar-refractivity contribution in [1.29, 1.82) is 5.26 Å². The molecule has 0 saturated heterocycles. The molecule has 1 rings (SSSR count). The molecule has 2 amide bonds. The minimum Gasteiger partial charge on any atom is -0.480 e. The number of hydrogen-bond acceptors (Lipinski definition) is 4. The van der Waals surface area contributed by atoms with Crippen LogP contribution in [-0.2, 0) is 4.79 Å². The zero-order valence-corrected chi connectivity index (χ0v) is 10.9. The van der Waals surface area contributed by atoms with E-state index in [0.717, 1.165) is 0 Å². The van der Waals surface area contributed by atoms with Crippen molar-refractivity contribution >= 4 is 17.7 Å². The van der Waals surface area contributed by atoms with E-state index in [1.54, 1.807) is 25.1 Å². The Morgan fingerprint density at radius 2 is 2.15 bits per heavy atom. The van der Waals surface area contributed by atoms with Crippen molar-refractivity contribution in [1.82, 2.24) is 5.32 Å². The van der Waals surface area contributed by atoms with Gasteiger partial charge in [0.05, 0.1) is 11.3 Å². The standard InChI is InChI=1S/C13H15N3O4/c1-8-3-2-4-10(9(8)7-14)15-13(20)16-11(5-6-17)12(18)19/h2-4,11,17H,5-6H2,1H3,(H,18,19)(H2,15,16,20)/t11-/m1/s1. The quantitative estimate of drug-likeness (QED) is 0.634. The number of rotatable bonds is 5. The van der Waals surface area contributed by atoms with Gasteiger partial charge in [-0.25, -0.2) is 9.59 Å². The number of nitriles is 1. The van der Waals surface area contributed by atoms with E-state index in [0.29, 0.717) is 16.8 Å². The molecule has 0 aliphatic rings. The van der Waals surface area contributed by atoms with E-state index >= 15 is 0 Å². The summed E-state index contributed by atoms with van der Waals surface area (Å²) in [6, 6.07) is 5.00. The normalized spacial score (nSPS) is 11.2. The summed E-state index contributed by atoms with van der Waals surface area (Å²) in [5.41, 5.74) is 1.32. The fourth-order valence-electron chi connectivity index (χ4n) is 1.62. The van der Waals surface area contributed by atoms with Gasteiger partial charge in [-0.2, -0.15) is 5.26 Å². The minimum absolute atomic E-state index is 0.0956. The van der Waals surface area contributed by atoms with E-state index < -0.39 is 18.0 Å². The van der Waals surface area contributed by atoms with E-state index in [2.05, 4.69) is 10.6 Å². The number of urea groups is 1. The topological polar surface area (TPSA) is 122 Å². The Hall–Kier alpha value is -2.59. The molecule has 1 aromatic rings. The van der Waals surface area contributed by atoms with Crippen molar-refractivity contribution in [3.05, 3.63) is 29.3 Å². The molecule has 4 N–H and O–H groups in total. The van der Waals surface area contributed by atoms with E-state index in [-0.39, 0.29) is 13.0 Å². The van der Waals surface area contributed by atoms with Crippen molar-refractivity contribution in [2.45, 2.75) is 19.4 Å². The Morgan fingerprint density at radius 1 is 1.45 bits per heavy atom. The molecular weight excluding hydrogens is 262 g/mol. The van der Waals surface area contributed by atoms with Crippen LogP contribution in [0.3, 0.4) is 0 Å². The number of aliphatic hydroxyl groups is 1. The number of carboxylic acid groups (broad SMARTS) is 1. The first-order valence-electron chi connectivity index (χ1n) is 5.90. The average Bonchev–Trinajstić information content (AvgIpc) is 2.38. The summed E-state index contributed by atoms with van der Waals surface area (Å²) in [4.78, 5) is 22.6. The molecule has 0 fully saturated rings. The summed E-state index contributed by atoms with van der Waals surface area (Å²) in [5.74, 6) is -1.24. The van der Waals surface area contributed by atoms with Gasteiger partial charge in [0.25, 0.3) is 0 Å². The van der Waals surface area contributed by atoms with Gasteiger partial charge in [0.15, 0.2) is 0 Å². The van der Waals surface area contributed by atoms with Crippen LogP contribution in [0.2, 0.25) is 0 Å². The molecule has 0 spiro atoms. The van der Waals surface area contributed by atoms with Gasteiger partial charge in [-0.05, 0) is 18.6 Å². The summed E-state index contributed by atoms with van der Waals surface area (Å²) in [6.07, 6.45) is -0.0956. The maximum absolute atomic E-state index is 11.7. The lowest BCUT2D eigenvalue weighted by atomic mass is 10.1. The highest BCUT2D eigenvalue weighted by Gasteiger charge is 2.19. The van der Waals surface area contributed by atoms with E-state index in [9.17, 15) is 9.59 Å². The number of hydrogen-bond donors (Lipinski definition) is 4. The number of anilines is 1. The smallest absolute Gasteiger partial charge is 0.326 e. The first-order chi connectivity index (χ1) is 9.49. The molecule has 0 aliphatic heterocycles.